The molecule has 0 aliphatic carbocycles. The van der Waals surface area contributed by atoms with Crippen molar-refractivity contribution in [1.29, 1.82) is 0 Å². The lowest BCUT2D eigenvalue weighted by Gasteiger charge is -2.26. The minimum atomic E-state index is -3.64. The largest absolute Gasteiger partial charge is 0.452 e. The highest BCUT2D eigenvalue weighted by Gasteiger charge is 2.27. The number of carbonyl (C=O) groups is 1. The summed E-state index contributed by atoms with van der Waals surface area (Å²) >= 11 is 0. The van der Waals surface area contributed by atoms with Crippen LogP contribution in [-0.4, -0.2) is 54.5 Å². The number of sulfonamides is 1. The molecule has 1 saturated heterocycles. The molecule has 178 valence electrons. The molecule has 3 heterocycles. The number of furan rings is 1. The van der Waals surface area contributed by atoms with Crippen LogP contribution in [0.2, 0.25) is 0 Å². The summed E-state index contributed by atoms with van der Waals surface area (Å²) in [6, 6.07) is 13.9. The van der Waals surface area contributed by atoms with Crippen molar-refractivity contribution < 1.29 is 27.1 Å². The third-order valence-electron chi connectivity index (χ3n) is 5.81. The number of hydrogen-bond donors (Lipinski definition) is 0. The minimum absolute atomic E-state index is 0.0594. The van der Waals surface area contributed by atoms with E-state index in [2.05, 4.69) is 4.98 Å². The summed E-state index contributed by atoms with van der Waals surface area (Å²) in [6.45, 7) is 4.05. The molecule has 10 heteroatoms. The number of fused-ring (bicyclic) bond motifs is 2. The van der Waals surface area contributed by atoms with E-state index in [1.165, 1.54) is 4.31 Å². The minimum Gasteiger partial charge on any atom is -0.452 e. The third-order valence-corrected chi connectivity index (χ3v) is 7.71. The maximum Gasteiger partial charge on any atom is 0.374 e. The Hall–Kier alpha value is -3.21. The highest BCUT2D eigenvalue weighted by atomic mass is 32.2. The second kappa shape index (κ2) is 9.21. The molecule has 1 fully saturated rings. The van der Waals surface area contributed by atoms with E-state index in [0.717, 1.165) is 17.3 Å². The predicted molar refractivity (Wildman–Crippen MR) is 125 cm³/mol. The zero-order chi connectivity index (χ0) is 23.7. The molecule has 0 bridgehead atoms. The molecule has 0 unspecified atom stereocenters. The highest BCUT2D eigenvalue weighted by Crippen LogP contribution is 2.25. The zero-order valence-corrected chi connectivity index (χ0v) is 19.6. The monoisotopic (exact) mass is 483 g/mol. The smallest absolute Gasteiger partial charge is 0.374 e. The van der Waals surface area contributed by atoms with Crippen LogP contribution in [0.25, 0.3) is 22.0 Å². The van der Waals surface area contributed by atoms with Crippen LogP contribution in [0, 0.1) is 0 Å². The molecule has 5 rings (SSSR count). The maximum atomic E-state index is 13.1. The van der Waals surface area contributed by atoms with Gasteiger partial charge in [0.15, 0.2) is 0 Å². The number of imidazole rings is 1. The summed E-state index contributed by atoms with van der Waals surface area (Å²) in [4.78, 5) is 17.4. The number of esters is 1. The van der Waals surface area contributed by atoms with Gasteiger partial charge in [0.25, 0.3) is 0 Å². The van der Waals surface area contributed by atoms with Gasteiger partial charge in [-0.2, -0.15) is 4.31 Å². The Labute approximate surface area is 196 Å². The predicted octanol–water partition coefficient (Wildman–Crippen LogP) is 3.57. The van der Waals surface area contributed by atoms with Crippen LogP contribution >= 0.6 is 0 Å². The van der Waals surface area contributed by atoms with Crippen LogP contribution in [0.1, 0.15) is 29.7 Å². The number of para-hydroxylation sites is 1. The summed E-state index contributed by atoms with van der Waals surface area (Å²) in [7, 11) is -3.64. The average Bonchev–Trinajstić information content (AvgIpc) is 3.44. The van der Waals surface area contributed by atoms with E-state index in [9.17, 15) is 13.2 Å². The SMILES string of the molecule is CCCn1c(COC(=O)c2cc3ccccc3o2)nc2cc(S(=O)(=O)N3CCOCC3)ccc21. The fraction of sp³-hybridized carbons (Fsp3) is 0.333. The number of hydrogen-bond acceptors (Lipinski definition) is 7. The Morgan fingerprint density at radius 1 is 1.12 bits per heavy atom. The van der Waals surface area contributed by atoms with E-state index in [1.54, 1.807) is 30.3 Å². The average molecular weight is 484 g/mol. The molecule has 0 atom stereocenters. The molecular formula is C24H25N3O6S. The third kappa shape index (κ3) is 4.20. The molecule has 0 spiro atoms. The molecule has 0 radical (unpaired) electrons. The molecule has 34 heavy (non-hydrogen) atoms. The fourth-order valence-corrected chi connectivity index (χ4v) is 5.55. The first-order chi connectivity index (χ1) is 16.5. The van der Waals surface area contributed by atoms with Gasteiger partial charge in [0, 0.05) is 25.0 Å². The maximum absolute atomic E-state index is 13.1. The van der Waals surface area contributed by atoms with E-state index in [0.29, 0.717) is 49.8 Å². The topological polar surface area (TPSA) is 104 Å². The van der Waals surface area contributed by atoms with Crippen LogP contribution in [0.4, 0.5) is 0 Å². The lowest BCUT2D eigenvalue weighted by molar-refractivity contribution is 0.0424. The van der Waals surface area contributed by atoms with Crippen LogP contribution in [0.3, 0.4) is 0 Å². The molecule has 0 amide bonds. The standard InChI is InChI=1S/C24H25N3O6S/c1-2-9-27-20-8-7-18(34(29,30)26-10-12-31-13-11-26)15-19(20)25-23(27)16-32-24(28)22-14-17-5-3-4-6-21(17)33-22/h3-8,14-15H,2,9-13,16H2,1H3. The van der Waals surface area contributed by atoms with Gasteiger partial charge in [0.05, 0.1) is 29.1 Å². The molecule has 0 saturated carbocycles. The van der Waals surface area contributed by atoms with Gasteiger partial charge in [-0.15, -0.1) is 0 Å². The lowest BCUT2D eigenvalue weighted by Crippen LogP contribution is -2.40. The van der Waals surface area contributed by atoms with Gasteiger partial charge in [0.2, 0.25) is 15.8 Å². The van der Waals surface area contributed by atoms with Crippen molar-refractivity contribution in [3.63, 3.8) is 0 Å². The van der Waals surface area contributed by atoms with Crippen molar-refractivity contribution in [3.05, 3.63) is 60.1 Å². The highest BCUT2D eigenvalue weighted by molar-refractivity contribution is 7.89. The number of aryl methyl sites for hydroxylation is 1. The van der Waals surface area contributed by atoms with Crippen LogP contribution in [-0.2, 0) is 32.6 Å². The Kier molecular flexibility index (Phi) is 6.11. The quantitative estimate of drug-likeness (QED) is 0.370. The number of benzene rings is 2. The van der Waals surface area contributed by atoms with Crippen molar-refractivity contribution in [2.75, 3.05) is 26.3 Å². The summed E-state index contributed by atoms with van der Waals surface area (Å²) in [5, 5.41) is 0.821. The van der Waals surface area contributed by atoms with Crippen molar-refractivity contribution in [3.8, 4) is 0 Å². The van der Waals surface area contributed by atoms with Gasteiger partial charge in [-0.3, -0.25) is 0 Å². The van der Waals surface area contributed by atoms with Gasteiger partial charge in [-0.25, -0.2) is 18.2 Å². The second-order valence-corrected chi connectivity index (χ2v) is 10.0. The van der Waals surface area contributed by atoms with Gasteiger partial charge in [-0.1, -0.05) is 25.1 Å². The molecule has 4 aromatic rings. The number of carbonyl (C=O) groups excluding carboxylic acids is 1. The zero-order valence-electron chi connectivity index (χ0n) is 18.8. The Bertz CT molecular complexity index is 1420. The molecule has 2 aromatic carbocycles. The molecular weight excluding hydrogens is 458 g/mol. The summed E-state index contributed by atoms with van der Waals surface area (Å²) in [6.07, 6.45) is 0.837. The molecule has 1 aliphatic rings. The van der Waals surface area contributed by atoms with E-state index < -0.39 is 16.0 Å². The number of ether oxygens (including phenoxy) is 2. The first kappa shape index (κ1) is 22.6. The van der Waals surface area contributed by atoms with Crippen molar-refractivity contribution >= 4 is 38.0 Å². The Balaban J connectivity index is 1.41. The lowest BCUT2D eigenvalue weighted by atomic mass is 10.2. The van der Waals surface area contributed by atoms with Gasteiger partial charge >= 0.3 is 5.97 Å². The summed E-state index contributed by atoms with van der Waals surface area (Å²) in [5.74, 6) is 0.0855. The van der Waals surface area contributed by atoms with E-state index in [4.69, 9.17) is 13.9 Å². The van der Waals surface area contributed by atoms with Gasteiger partial charge in [-0.05, 0) is 36.8 Å². The molecule has 9 nitrogen and oxygen atoms in total. The van der Waals surface area contributed by atoms with Crippen LogP contribution in [0.15, 0.2) is 57.8 Å². The van der Waals surface area contributed by atoms with E-state index >= 15 is 0 Å². The van der Waals surface area contributed by atoms with Crippen molar-refractivity contribution in [2.45, 2.75) is 31.4 Å². The fourth-order valence-electron chi connectivity index (χ4n) is 4.12. The van der Waals surface area contributed by atoms with E-state index in [1.807, 2.05) is 29.7 Å². The first-order valence-electron chi connectivity index (χ1n) is 11.2. The second-order valence-electron chi connectivity index (χ2n) is 8.07. The van der Waals surface area contributed by atoms with E-state index in [-0.39, 0.29) is 17.3 Å². The first-order valence-corrected chi connectivity index (χ1v) is 12.6. The molecule has 1 aliphatic heterocycles. The van der Waals surface area contributed by atoms with Gasteiger partial charge < -0.3 is 18.5 Å². The summed E-state index contributed by atoms with van der Waals surface area (Å²) < 4.78 is 45.8. The molecule has 2 aromatic heterocycles. The number of aromatic nitrogens is 2. The summed E-state index contributed by atoms with van der Waals surface area (Å²) in [5.41, 5.74) is 1.94. The molecule has 0 N–H and O–H groups in total. The van der Waals surface area contributed by atoms with Gasteiger partial charge in [0.1, 0.15) is 18.0 Å². The van der Waals surface area contributed by atoms with Crippen LogP contribution in [0.5, 0.6) is 0 Å². The van der Waals surface area contributed by atoms with Crippen LogP contribution < -0.4 is 0 Å². The normalized spacial score (nSPS) is 15.2. The number of nitrogens with zero attached hydrogens (tertiary/aromatic N) is 3. The van der Waals surface area contributed by atoms with Crippen molar-refractivity contribution in [2.24, 2.45) is 0 Å². The Morgan fingerprint density at radius 2 is 1.91 bits per heavy atom. The number of morpholine rings is 1. The van der Waals surface area contributed by atoms with Crippen molar-refractivity contribution in [1.82, 2.24) is 13.9 Å². The Morgan fingerprint density at radius 3 is 2.68 bits per heavy atom. The number of rotatable bonds is 7.